The van der Waals surface area contributed by atoms with Gasteiger partial charge >= 0.3 is 0 Å². The third-order valence-corrected chi connectivity index (χ3v) is 6.59. The van der Waals surface area contributed by atoms with Crippen LogP contribution in [0, 0.1) is 17.2 Å². The van der Waals surface area contributed by atoms with E-state index in [9.17, 15) is 10.1 Å². The minimum Gasteiger partial charge on any atom is -0.487 e. The summed E-state index contributed by atoms with van der Waals surface area (Å²) in [6, 6.07) is 15.6. The average Bonchev–Trinajstić information content (AvgIpc) is 3.55. The zero-order chi connectivity index (χ0) is 24.5. The number of fused-ring (bicyclic) bond motifs is 1. The number of hydrogen-bond acceptors (Lipinski definition) is 7. The molecule has 1 aliphatic carbocycles. The molecule has 1 saturated carbocycles. The largest absolute Gasteiger partial charge is 0.487 e. The number of hydrogen-bond donors (Lipinski definition) is 1. The van der Waals surface area contributed by atoms with Gasteiger partial charge in [-0.1, -0.05) is 6.07 Å². The van der Waals surface area contributed by atoms with E-state index in [0.29, 0.717) is 17.3 Å². The molecule has 180 valence electrons. The molecule has 5 heterocycles. The Bertz CT molecular complexity index is 1460. The van der Waals surface area contributed by atoms with Crippen LogP contribution in [0.3, 0.4) is 0 Å². The SMILES string of the molecule is N#Cc1cc(-c2ccn3nc(NC(=O)C4CC4)cc3c2)c(O[C@H]2CCN(Cc3ccccn3)C2)cn1. The van der Waals surface area contributed by atoms with Gasteiger partial charge in [-0.05, 0) is 55.2 Å². The van der Waals surface area contributed by atoms with E-state index in [2.05, 4.69) is 31.4 Å². The summed E-state index contributed by atoms with van der Waals surface area (Å²) in [6.07, 6.45) is 8.10. The predicted octanol–water partition coefficient (Wildman–Crippen LogP) is 3.66. The molecule has 36 heavy (non-hydrogen) atoms. The van der Waals surface area contributed by atoms with Crippen molar-refractivity contribution in [3.8, 4) is 22.9 Å². The van der Waals surface area contributed by atoms with E-state index >= 15 is 0 Å². The lowest BCUT2D eigenvalue weighted by Crippen LogP contribution is -2.25. The maximum Gasteiger partial charge on any atom is 0.228 e. The number of nitriles is 1. The normalized spacial score (nSPS) is 17.7. The van der Waals surface area contributed by atoms with Crippen molar-refractivity contribution in [2.24, 2.45) is 5.92 Å². The molecular formula is C27H25N7O2. The number of likely N-dealkylation sites (tertiary alicyclic amines) is 1. The topological polar surface area (TPSA) is 108 Å². The fourth-order valence-electron chi connectivity index (χ4n) is 4.56. The number of nitrogens with one attached hydrogen (secondary N) is 1. The van der Waals surface area contributed by atoms with E-state index in [0.717, 1.165) is 61.2 Å². The molecule has 0 aromatic carbocycles. The van der Waals surface area contributed by atoms with Crippen LogP contribution >= 0.6 is 0 Å². The third-order valence-electron chi connectivity index (χ3n) is 6.59. The van der Waals surface area contributed by atoms with Crippen molar-refractivity contribution in [1.29, 1.82) is 5.26 Å². The van der Waals surface area contributed by atoms with E-state index in [1.165, 1.54) is 0 Å². The molecule has 9 heteroatoms. The molecule has 2 aliphatic rings. The summed E-state index contributed by atoms with van der Waals surface area (Å²) >= 11 is 0. The first kappa shape index (κ1) is 22.2. The van der Waals surface area contributed by atoms with E-state index in [1.807, 2.05) is 48.8 Å². The molecule has 9 nitrogen and oxygen atoms in total. The summed E-state index contributed by atoms with van der Waals surface area (Å²) in [4.78, 5) is 23.1. The van der Waals surface area contributed by atoms with Crippen LogP contribution in [-0.4, -0.2) is 49.6 Å². The van der Waals surface area contributed by atoms with Crippen LogP contribution in [0.15, 0.2) is 61.1 Å². The molecule has 0 radical (unpaired) electrons. The first-order valence-corrected chi connectivity index (χ1v) is 12.1. The van der Waals surface area contributed by atoms with Crippen LogP contribution in [0.4, 0.5) is 5.82 Å². The minimum atomic E-state index is 0.0186. The Labute approximate surface area is 208 Å². The van der Waals surface area contributed by atoms with Gasteiger partial charge in [-0.2, -0.15) is 10.4 Å². The molecule has 4 aromatic heterocycles. The Hall–Kier alpha value is -4.29. The maximum absolute atomic E-state index is 12.1. The molecule has 0 bridgehead atoms. The first-order chi connectivity index (χ1) is 17.6. The molecule has 1 aliphatic heterocycles. The molecule has 1 N–H and O–H groups in total. The van der Waals surface area contributed by atoms with Crippen molar-refractivity contribution < 1.29 is 9.53 Å². The number of anilines is 1. The second-order valence-electron chi connectivity index (χ2n) is 9.34. The molecule has 1 saturated heterocycles. The van der Waals surface area contributed by atoms with Gasteiger partial charge in [0.2, 0.25) is 5.91 Å². The summed E-state index contributed by atoms with van der Waals surface area (Å²) in [5.41, 5.74) is 3.89. The number of aromatic nitrogens is 4. The quantitative estimate of drug-likeness (QED) is 0.431. The summed E-state index contributed by atoms with van der Waals surface area (Å²) in [5.74, 6) is 1.31. The highest BCUT2D eigenvalue weighted by Gasteiger charge is 2.30. The Balaban J connectivity index is 1.22. The van der Waals surface area contributed by atoms with Crippen LogP contribution in [0.1, 0.15) is 30.7 Å². The fraction of sp³-hybridized carbons (Fsp3) is 0.296. The van der Waals surface area contributed by atoms with Crippen LogP contribution in [-0.2, 0) is 11.3 Å². The third kappa shape index (κ3) is 4.76. The second-order valence-corrected chi connectivity index (χ2v) is 9.34. The van der Waals surface area contributed by atoms with Crippen molar-refractivity contribution in [3.63, 3.8) is 0 Å². The predicted molar refractivity (Wildman–Crippen MR) is 133 cm³/mol. The molecule has 1 amide bonds. The van der Waals surface area contributed by atoms with E-state index in [-0.39, 0.29) is 17.9 Å². The van der Waals surface area contributed by atoms with Gasteiger partial charge in [0.25, 0.3) is 0 Å². The lowest BCUT2D eigenvalue weighted by atomic mass is 10.1. The highest BCUT2D eigenvalue weighted by Crippen LogP contribution is 2.34. The van der Waals surface area contributed by atoms with Crippen molar-refractivity contribution in [2.45, 2.75) is 31.9 Å². The number of rotatable bonds is 7. The Morgan fingerprint density at radius 3 is 2.89 bits per heavy atom. The number of carbonyl (C=O) groups excluding carboxylic acids is 1. The van der Waals surface area contributed by atoms with Crippen molar-refractivity contribution in [2.75, 3.05) is 18.4 Å². The van der Waals surface area contributed by atoms with E-state index in [4.69, 9.17) is 4.74 Å². The maximum atomic E-state index is 12.1. The van der Waals surface area contributed by atoms with Gasteiger partial charge < -0.3 is 10.1 Å². The lowest BCUT2D eigenvalue weighted by molar-refractivity contribution is -0.117. The number of nitrogens with zero attached hydrogens (tertiary/aromatic N) is 6. The molecule has 6 rings (SSSR count). The van der Waals surface area contributed by atoms with Gasteiger partial charge in [0.15, 0.2) is 5.82 Å². The van der Waals surface area contributed by atoms with Gasteiger partial charge in [0.1, 0.15) is 23.6 Å². The van der Waals surface area contributed by atoms with Gasteiger partial charge in [0.05, 0.1) is 17.4 Å². The summed E-state index contributed by atoms with van der Waals surface area (Å²) < 4.78 is 8.15. The number of carbonyl (C=O) groups is 1. The van der Waals surface area contributed by atoms with Crippen LogP contribution in [0.5, 0.6) is 5.75 Å². The Kier molecular flexibility index (Phi) is 5.79. The highest BCUT2D eigenvalue weighted by molar-refractivity contribution is 5.93. The van der Waals surface area contributed by atoms with Crippen LogP contribution in [0.25, 0.3) is 16.6 Å². The number of ether oxygens (including phenoxy) is 1. The monoisotopic (exact) mass is 479 g/mol. The molecule has 0 unspecified atom stereocenters. The standard InChI is InChI=1S/C27H25N7O2/c28-14-21-12-24(19-6-10-34-22(11-19)13-26(32-34)31-27(35)18-4-5-18)25(15-30-21)36-23-7-9-33(17-23)16-20-3-1-2-8-29-20/h1-3,6,8,10-13,15,18,23H,4-5,7,9,16-17H2,(H,31,32,35)/t23-/m0/s1. The summed E-state index contributed by atoms with van der Waals surface area (Å²) in [5, 5.41) is 16.8. The van der Waals surface area contributed by atoms with Crippen molar-refractivity contribution in [3.05, 3.63) is 72.4 Å². The number of amides is 1. The first-order valence-electron chi connectivity index (χ1n) is 12.1. The highest BCUT2D eigenvalue weighted by atomic mass is 16.5. The van der Waals surface area contributed by atoms with Crippen molar-refractivity contribution >= 4 is 17.2 Å². The molecule has 1 atom stereocenters. The second kappa shape index (κ2) is 9.40. The average molecular weight is 480 g/mol. The van der Waals surface area contributed by atoms with Gasteiger partial charge in [-0.25, -0.2) is 9.50 Å². The molecular weight excluding hydrogens is 454 g/mol. The van der Waals surface area contributed by atoms with Crippen LogP contribution < -0.4 is 10.1 Å². The number of pyridine rings is 3. The van der Waals surface area contributed by atoms with E-state index < -0.39 is 0 Å². The van der Waals surface area contributed by atoms with Gasteiger partial charge in [-0.15, -0.1) is 0 Å². The van der Waals surface area contributed by atoms with E-state index in [1.54, 1.807) is 16.8 Å². The van der Waals surface area contributed by atoms with Gasteiger partial charge in [-0.3, -0.25) is 14.7 Å². The summed E-state index contributed by atoms with van der Waals surface area (Å²) in [7, 11) is 0. The summed E-state index contributed by atoms with van der Waals surface area (Å²) in [6.45, 7) is 2.51. The molecule has 4 aromatic rings. The van der Waals surface area contributed by atoms with Gasteiger partial charge in [0, 0.05) is 49.6 Å². The Morgan fingerprint density at radius 2 is 2.08 bits per heavy atom. The lowest BCUT2D eigenvalue weighted by Gasteiger charge is -2.18. The fourth-order valence-corrected chi connectivity index (χ4v) is 4.56. The molecule has 2 fully saturated rings. The Morgan fingerprint density at radius 1 is 1.17 bits per heavy atom. The molecule has 0 spiro atoms. The van der Waals surface area contributed by atoms with Crippen LogP contribution in [0.2, 0.25) is 0 Å². The zero-order valence-corrected chi connectivity index (χ0v) is 19.7. The minimum absolute atomic E-state index is 0.0186. The van der Waals surface area contributed by atoms with Crippen molar-refractivity contribution in [1.82, 2.24) is 24.5 Å². The zero-order valence-electron chi connectivity index (χ0n) is 19.7. The smallest absolute Gasteiger partial charge is 0.228 e.